The molecule has 1 saturated heterocycles. The molecule has 0 bridgehead atoms. The highest BCUT2D eigenvalue weighted by atomic mass is 16.3. The minimum absolute atomic E-state index is 0.0000539. The normalized spacial score (nSPS) is 16.9. The van der Waals surface area contributed by atoms with Gasteiger partial charge in [0.05, 0.1) is 42.8 Å². The number of hydrogen-bond acceptors (Lipinski definition) is 14. The second-order valence-electron chi connectivity index (χ2n) is 22.7. The number of likely N-dealkylation sites (tertiary alicyclic amines) is 1. The number of primary amides is 1. The number of carbonyl (C=O) groups excluding carboxylic acids is 10. The van der Waals surface area contributed by atoms with E-state index < -0.39 is 132 Å². The molecule has 0 spiro atoms. The molecule has 5 rings (SSSR count). The van der Waals surface area contributed by atoms with Crippen molar-refractivity contribution in [2.45, 2.75) is 154 Å². The Morgan fingerprint density at radius 3 is 2.00 bits per heavy atom. The summed E-state index contributed by atoms with van der Waals surface area (Å²) in [6.07, 6.45) is -0.847. The van der Waals surface area contributed by atoms with E-state index in [1.807, 2.05) is 38.1 Å². The molecule has 0 radical (unpaired) electrons. The average molecular weight is 1210 g/mol. The summed E-state index contributed by atoms with van der Waals surface area (Å²) in [5, 5.41) is 51.2. The average Bonchev–Trinajstić information content (AvgIpc) is 1.99. The number of amides is 8. The zero-order valence-corrected chi connectivity index (χ0v) is 50.3. The summed E-state index contributed by atoms with van der Waals surface area (Å²) in [5.41, 5.74) is 14.4. The number of benzene rings is 3. The number of carbonyl (C=O) groups is 10. The highest BCUT2D eigenvalue weighted by molar-refractivity contribution is 5.99. The van der Waals surface area contributed by atoms with Crippen molar-refractivity contribution in [1.29, 1.82) is 0 Å². The number of aliphatic hydroxyl groups excluding tert-OH is 2. The van der Waals surface area contributed by atoms with Crippen LogP contribution in [-0.2, 0) is 62.4 Å². The van der Waals surface area contributed by atoms with Gasteiger partial charge >= 0.3 is 6.03 Å². The molecular weight excluding hydrogens is 1120 g/mol. The van der Waals surface area contributed by atoms with Crippen molar-refractivity contribution in [2.75, 3.05) is 26.7 Å². The van der Waals surface area contributed by atoms with E-state index in [2.05, 4.69) is 47.2 Å². The molecule has 1 aromatic heterocycles. The Labute approximate surface area is 506 Å². The highest BCUT2D eigenvalue weighted by Gasteiger charge is 2.43. The molecule has 4 aromatic rings. The van der Waals surface area contributed by atoms with E-state index in [4.69, 9.17) is 11.5 Å². The third-order valence-corrected chi connectivity index (χ3v) is 15.2. The van der Waals surface area contributed by atoms with Gasteiger partial charge in [0.25, 0.3) is 0 Å². The van der Waals surface area contributed by atoms with Gasteiger partial charge in [-0.3, -0.25) is 48.1 Å². The highest BCUT2D eigenvalue weighted by Crippen LogP contribution is 2.24. The fourth-order valence-corrected chi connectivity index (χ4v) is 10.5. The van der Waals surface area contributed by atoms with E-state index in [1.54, 1.807) is 55.6 Å². The molecule has 0 unspecified atom stereocenters. The number of β-amino-alcohol motifs (C(OH)–C–C–N with tert-alkyl or cyclic N) is 1. The standard InChI is InChI=1S/C62H86N12O13/c1-7-14-47(70-59(85)52-30-43(78)34-74(52)60(86)51(69-37(5)76)27-39-20-22-42(77)23-21-39)54(80)31-45(36(4)75)58(84)71-49(26-38-15-9-8-10-16-38)55(81)33-68-62(87)73-48(25-35(2)3)53(79)29-40(17-13-24-66-61(64)65-6)57(83)72-50(56(63)82)28-41-32-67-46-19-12-11-18-44(41)46/h8-12,15-16,18-23,32,35-36,40,43,45,47-52,67,75,77-78H,7,13-14,17,24-31,33-34H2,1-6H3,(H2,63,82)(H,69,76)(H,70,85)(H,71,84)(H,72,83)(H3,64,65,66)(H2,68,73,87)/t36-,40-,43-,45+,47+,48+,49+,50+,51-,52+/m1/s1. The van der Waals surface area contributed by atoms with Crippen molar-refractivity contribution in [2.24, 2.45) is 34.2 Å². The van der Waals surface area contributed by atoms with Gasteiger partial charge in [-0.25, -0.2) is 4.79 Å². The number of rotatable bonds is 34. The van der Waals surface area contributed by atoms with E-state index in [-0.39, 0.29) is 75.5 Å². The zero-order valence-electron chi connectivity index (χ0n) is 50.3. The SMILES string of the molecule is CCC[C@H](NC(=O)[C@@H]1C[C@@H](O)CN1C(=O)[C@@H](Cc1ccc(O)cc1)NC(C)=O)C(=O)C[C@H](C(=O)N[C@@H](Cc1ccccc1)C(=O)CNC(=O)N[C@@H](CC(C)C)C(=O)C[C@@H](CCCNC(N)=NC)C(=O)N[C@@H](Cc1c[nH]c2ccccc12)C(N)=O)[C@@H](C)O. The van der Waals surface area contributed by atoms with Crippen LogP contribution < -0.4 is 48.7 Å². The second kappa shape index (κ2) is 33.8. The number of hydrogen-bond donors (Lipinski definition) is 13. The smallest absolute Gasteiger partial charge is 0.315 e. The molecule has 2 heterocycles. The maximum Gasteiger partial charge on any atom is 0.315 e. The van der Waals surface area contributed by atoms with Crippen molar-refractivity contribution in [3.8, 4) is 5.75 Å². The molecule has 8 amide bonds. The van der Waals surface area contributed by atoms with Crippen LogP contribution in [0.5, 0.6) is 5.75 Å². The van der Waals surface area contributed by atoms with Crippen LogP contribution in [0.1, 0.15) is 103 Å². The molecule has 15 N–H and O–H groups in total. The van der Waals surface area contributed by atoms with Gasteiger partial charge in [0.2, 0.25) is 35.4 Å². The summed E-state index contributed by atoms with van der Waals surface area (Å²) >= 11 is 0. The number of urea groups is 1. The van der Waals surface area contributed by atoms with E-state index >= 15 is 0 Å². The Balaban J connectivity index is 1.26. The molecule has 0 saturated carbocycles. The third-order valence-electron chi connectivity index (χ3n) is 15.2. The quantitative estimate of drug-likeness (QED) is 0.0178. The number of aliphatic imine (C=N–C) groups is 1. The molecule has 1 aliphatic rings. The molecular formula is C62H86N12O13. The molecule has 25 heteroatoms. The predicted molar refractivity (Wildman–Crippen MR) is 325 cm³/mol. The summed E-state index contributed by atoms with van der Waals surface area (Å²) in [7, 11) is 1.51. The Hall–Kier alpha value is -8.71. The van der Waals surface area contributed by atoms with Gasteiger partial charge in [-0.15, -0.1) is 0 Å². The Morgan fingerprint density at radius 1 is 0.713 bits per heavy atom. The molecule has 0 aliphatic carbocycles. The molecule has 25 nitrogen and oxygen atoms in total. The van der Waals surface area contributed by atoms with Crippen molar-refractivity contribution < 1.29 is 63.3 Å². The summed E-state index contributed by atoms with van der Waals surface area (Å²) in [5.74, 6) is -8.47. The topological polar surface area (TPSA) is 399 Å². The summed E-state index contributed by atoms with van der Waals surface area (Å²) in [6.45, 7) is 7.36. The van der Waals surface area contributed by atoms with Crippen molar-refractivity contribution in [3.63, 3.8) is 0 Å². The summed E-state index contributed by atoms with van der Waals surface area (Å²) in [6, 6.07) is 13.9. The second-order valence-corrected chi connectivity index (χ2v) is 22.7. The van der Waals surface area contributed by atoms with E-state index in [0.29, 0.717) is 30.5 Å². The number of para-hydroxylation sites is 1. The van der Waals surface area contributed by atoms with Crippen LogP contribution in [0, 0.1) is 17.8 Å². The number of H-pyrrole nitrogens is 1. The largest absolute Gasteiger partial charge is 0.508 e. The number of phenolic OH excluding ortho intramolecular Hbond substituents is 1. The zero-order chi connectivity index (χ0) is 63.9. The summed E-state index contributed by atoms with van der Waals surface area (Å²) in [4.78, 5) is 146. The Bertz CT molecular complexity index is 3040. The lowest BCUT2D eigenvalue weighted by Gasteiger charge is -2.30. The van der Waals surface area contributed by atoms with Crippen molar-refractivity contribution in [1.82, 2.24) is 47.1 Å². The van der Waals surface area contributed by atoms with Gasteiger partial charge in [-0.2, -0.15) is 0 Å². The monoisotopic (exact) mass is 1210 g/mol. The molecule has 3 aromatic carbocycles. The number of aromatic hydroxyl groups is 1. The minimum Gasteiger partial charge on any atom is -0.508 e. The minimum atomic E-state index is -1.46. The molecule has 87 heavy (non-hydrogen) atoms. The number of nitrogens with zero attached hydrogens (tertiary/aromatic N) is 2. The number of fused-ring (bicyclic) bond motifs is 1. The number of aromatic amines is 1. The number of nitrogens with one attached hydrogen (secondary N) is 8. The first-order chi connectivity index (χ1) is 41.4. The van der Waals surface area contributed by atoms with E-state index in [0.717, 1.165) is 21.4 Å². The van der Waals surface area contributed by atoms with Crippen LogP contribution in [0.15, 0.2) is 90.1 Å². The lowest BCUT2D eigenvalue weighted by atomic mass is 9.90. The number of guanidine groups is 1. The molecule has 472 valence electrons. The van der Waals surface area contributed by atoms with Crippen LogP contribution in [0.4, 0.5) is 4.79 Å². The predicted octanol–water partition coefficient (Wildman–Crippen LogP) is 1.24. The number of ketones is 3. The van der Waals surface area contributed by atoms with Gasteiger partial charge in [-0.1, -0.05) is 87.9 Å². The molecule has 1 fully saturated rings. The maximum absolute atomic E-state index is 14.3. The third kappa shape index (κ3) is 21.6. The number of aromatic nitrogens is 1. The summed E-state index contributed by atoms with van der Waals surface area (Å²) < 4.78 is 0. The van der Waals surface area contributed by atoms with Gasteiger partial charge in [0, 0.05) is 82.2 Å². The van der Waals surface area contributed by atoms with Crippen molar-refractivity contribution in [3.05, 3.63) is 102 Å². The number of Topliss-reactive ketones (excluding diaryl/α,β-unsaturated/α-hetero) is 3. The van der Waals surface area contributed by atoms with Crippen LogP contribution in [-0.4, -0.2) is 165 Å². The lowest BCUT2D eigenvalue weighted by molar-refractivity contribution is -0.142. The Kier molecular flexibility index (Phi) is 26.9. The van der Waals surface area contributed by atoms with Crippen LogP contribution in [0.3, 0.4) is 0 Å². The first kappa shape index (κ1) is 69.1. The van der Waals surface area contributed by atoms with Gasteiger partial charge < -0.3 is 73.9 Å². The first-order valence-electron chi connectivity index (χ1n) is 29.5. The van der Waals surface area contributed by atoms with Gasteiger partial charge in [0.15, 0.2) is 23.3 Å². The van der Waals surface area contributed by atoms with Gasteiger partial charge in [-0.05, 0) is 79.8 Å². The lowest BCUT2D eigenvalue weighted by Crippen LogP contribution is -2.56. The molecule has 1 aliphatic heterocycles. The molecule has 10 atom stereocenters. The number of nitrogens with two attached hydrogens (primary N) is 2. The van der Waals surface area contributed by atoms with Crippen LogP contribution >= 0.6 is 0 Å². The number of aliphatic hydroxyl groups is 2. The fourth-order valence-electron chi connectivity index (χ4n) is 10.5. The van der Waals surface area contributed by atoms with E-state index in [1.165, 1.54) is 33.0 Å². The fraction of sp³-hybridized carbons (Fsp3) is 0.500. The maximum atomic E-state index is 14.3. The van der Waals surface area contributed by atoms with Crippen molar-refractivity contribution >= 4 is 75.7 Å². The van der Waals surface area contributed by atoms with Crippen LogP contribution in [0.25, 0.3) is 10.9 Å². The van der Waals surface area contributed by atoms with Crippen LogP contribution in [0.2, 0.25) is 0 Å². The van der Waals surface area contributed by atoms with E-state index in [9.17, 15) is 63.3 Å². The number of phenols is 1. The van der Waals surface area contributed by atoms with Gasteiger partial charge in [0.1, 0.15) is 23.9 Å². The Morgan fingerprint density at radius 2 is 1.36 bits per heavy atom. The first-order valence-corrected chi connectivity index (χ1v) is 29.5.